The Balaban J connectivity index is 1.56. The Labute approximate surface area is 148 Å². The van der Waals surface area contributed by atoms with E-state index in [4.69, 9.17) is 4.74 Å². The van der Waals surface area contributed by atoms with Crippen LogP contribution in [0.15, 0.2) is 66.4 Å². The molecule has 0 fully saturated rings. The highest BCUT2D eigenvalue weighted by molar-refractivity contribution is 5.78. The van der Waals surface area contributed by atoms with Gasteiger partial charge in [0.25, 0.3) is 5.91 Å². The molecule has 0 radical (unpaired) electrons. The number of benzene rings is 2. The van der Waals surface area contributed by atoms with Crippen molar-refractivity contribution < 1.29 is 9.53 Å². The molecule has 1 aliphatic rings. The van der Waals surface area contributed by atoms with E-state index in [-0.39, 0.29) is 12.5 Å². The van der Waals surface area contributed by atoms with E-state index in [1.165, 1.54) is 6.42 Å². The minimum absolute atomic E-state index is 0.0281. The Bertz CT molecular complexity index is 741. The fourth-order valence-electron chi connectivity index (χ4n) is 3.01. The van der Waals surface area contributed by atoms with Gasteiger partial charge in [-0.3, -0.25) is 10.2 Å². The van der Waals surface area contributed by atoms with Crippen LogP contribution in [0.1, 0.15) is 26.2 Å². The molecule has 2 N–H and O–H groups in total. The van der Waals surface area contributed by atoms with Gasteiger partial charge >= 0.3 is 0 Å². The van der Waals surface area contributed by atoms with Gasteiger partial charge in [-0.2, -0.15) is 0 Å². The molecule has 2 aromatic carbocycles. The van der Waals surface area contributed by atoms with Crippen molar-refractivity contribution in [1.29, 1.82) is 0 Å². The maximum Gasteiger partial charge on any atom is 0.276 e. The quantitative estimate of drug-likeness (QED) is 0.782. The molecule has 0 aromatic heterocycles. The van der Waals surface area contributed by atoms with Crippen LogP contribution in [0.5, 0.6) is 5.75 Å². The van der Waals surface area contributed by atoms with Crippen molar-refractivity contribution in [2.24, 2.45) is 5.92 Å². The van der Waals surface area contributed by atoms with Crippen LogP contribution in [-0.4, -0.2) is 12.5 Å². The molecular formula is C21H24N2O2. The van der Waals surface area contributed by atoms with Crippen LogP contribution in [0.2, 0.25) is 0 Å². The second kappa shape index (κ2) is 8.38. The largest absolute Gasteiger partial charge is 0.483 e. The molecule has 1 aliphatic carbocycles. The number of carbonyl (C=O) groups is 1. The van der Waals surface area contributed by atoms with Gasteiger partial charge < -0.3 is 10.2 Å². The Morgan fingerprint density at radius 2 is 1.88 bits per heavy atom. The predicted molar refractivity (Wildman–Crippen MR) is 99.7 cm³/mol. The van der Waals surface area contributed by atoms with Crippen molar-refractivity contribution in [3.8, 4) is 16.9 Å². The second-order valence-electron chi connectivity index (χ2n) is 6.39. The van der Waals surface area contributed by atoms with E-state index in [1.54, 1.807) is 0 Å². The van der Waals surface area contributed by atoms with Crippen molar-refractivity contribution in [2.45, 2.75) is 26.2 Å². The minimum Gasteiger partial charge on any atom is -0.483 e. The SMILES string of the molecule is C[C@@H]1C=C(NNC(=O)COc2ccccc2-c2ccccc2)CCC1. The summed E-state index contributed by atoms with van der Waals surface area (Å²) >= 11 is 0. The number of ether oxygens (including phenoxy) is 1. The first-order valence-electron chi connectivity index (χ1n) is 8.75. The van der Waals surface area contributed by atoms with E-state index >= 15 is 0 Å². The van der Waals surface area contributed by atoms with Gasteiger partial charge in [-0.25, -0.2) is 0 Å². The summed E-state index contributed by atoms with van der Waals surface area (Å²) in [6.45, 7) is 2.16. The first kappa shape index (κ1) is 17.1. The molecular weight excluding hydrogens is 312 g/mol. The van der Waals surface area contributed by atoms with Crippen molar-refractivity contribution in [2.75, 3.05) is 6.61 Å². The van der Waals surface area contributed by atoms with Crippen molar-refractivity contribution >= 4 is 5.91 Å². The summed E-state index contributed by atoms with van der Waals surface area (Å²) in [6.07, 6.45) is 5.51. The van der Waals surface area contributed by atoms with Gasteiger partial charge in [0.2, 0.25) is 0 Å². The molecule has 0 aliphatic heterocycles. The number of para-hydroxylation sites is 1. The van der Waals surface area contributed by atoms with Crippen LogP contribution in [0.4, 0.5) is 0 Å². The third-order valence-corrected chi connectivity index (χ3v) is 4.28. The Kier molecular flexibility index (Phi) is 5.73. The molecule has 0 saturated heterocycles. The van der Waals surface area contributed by atoms with Crippen LogP contribution >= 0.6 is 0 Å². The van der Waals surface area contributed by atoms with Gasteiger partial charge in [0, 0.05) is 11.3 Å². The Morgan fingerprint density at radius 3 is 2.68 bits per heavy atom. The average molecular weight is 336 g/mol. The van der Waals surface area contributed by atoms with Gasteiger partial charge in [0.05, 0.1) is 0 Å². The Hall–Kier alpha value is -2.75. The topological polar surface area (TPSA) is 50.4 Å². The van der Waals surface area contributed by atoms with E-state index in [9.17, 15) is 4.79 Å². The maximum atomic E-state index is 12.1. The number of carbonyl (C=O) groups excluding carboxylic acids is 1. The molecule has 1 atom stereocenters. The van der Waals surface area contributed by atoms with Crippen molar-refractivity contribution in [3.05, 3.63) is 66.4 Å². The molecule has 4 nitrogen and oxygen atoms in total. The number of hydrazine groups is 1. The summed E-state index contributed by atoms with van der Waals surface area (Å²) in [5.74, 6) is 1.07. The molecule has 1 amide bonds. The average Bonchev–Trinajstić information content (AvgIpc) is 2.66. The van der Waals surface area contributed by atoms with E-state index < -0.39 is 0 Å². The fraction of sp³-hybridized carbons (Fsp3) is 0.286. The lowest BCUT2D eigenvalue weighted by Crippen LogP contribution is -2.40. The molecule has 0 heterocycles. The van der Waals surface area contributed by atoms with Gasteiger partial charge in [0.15, 0.2) is 6.61 Å². The summed E-state index contributed by atoms with van der Waals surface area (Å²) in [5.41, 5.74) is 8.86. The molecule has 130 valence electrons. The molecule has 0 saturated carbocycles. The number of amides is 1. The number of hydrogen-bond donors (Lipinski definition) is 2. The zero-order chi connectivity index (χ0) is 17.5. The van der Waals surface area contributed by atoms with Crippen molar-refractivity contribution in [1.82, 2.24) is 10.9 Å². The first-order chi connectivity index (χ1) is 12.2. The molecule has 0 spiro atoms. The number of nitrogens with one attached hydrogen (secondary N) is 2. The maximum absolute atomic E-state index is 12.1. The summed E-state index contributed by atoms with van der Waals surface area (Å²) in [4.78, 5) is 12.1. The molecule has 4 heteroatoms. The van der Waals surface area contributed by atoms with E-state index in [1.807, 2.05) is 54.6 Å². The zero-order valence-electron chi connectivity index (χ0n) is 14.5. The molecule has 0 unspecified atom stereocenters. The lowest BCUT2D eigenvalue weighted by Gasteiger charge is -2.19. The monoisotopic (exact) mass is 336 g/mol. The third kappa shape index (κ3) is 4.86. The second-order valence-corrected chi connectivity index (χ2v) is 6.39. The zero-order valence-corrected chi connectivity index (χ0v) is 14.5. The van der Waals surface area contributed by atoms with E-state index in [0.717, 1.165) is 29.7 Å². The van der Waals surface area contributed by atoms with Gasteiger partial charge in [-0.1, -0.05) is 61.5 Å². The first-order valence-corrected chi connectivity index (χ1v) is 8.75. The highest BCUT2D eigenvalue weighted by atomic mass is 16.5. The van der Waals surface area contributed by atoms with Gasteiger partial charge in [-0.15, -0.1) is 0 Å². The van der Waals surface area contributed by atoms with Crippen LogP contribution in [-0.2, 0) is 4.79 Å². The smallest absolute Gasteiger partial charge is 0.276 e. The van der Waals surface area contributed by atoms with Gasteiger partial charge in [-0.05, 0) is 36.8 Å². The summed E-state index contributed by atoms with van der Waals surface area (Å²) in [6, 6.07) is 17.8. The fourth-order valence-corrected chi connectivity index (χ4v) is 3.01. The lowest BCUT2D eigenvalue weighted by molar-refractivity contribution is -0.123. The third-order valence-electron chi connectivity index (χ3n) is 4.28. The van der Waals surface area contributed by atoms with Crippen LogP contribution < -0.4 is 15.6 Å². The highest BCUT2D eigenvalue weighted by Gasteiger charge is 2.11. The highest BCUT2D eigenvalue weighted by Crippen LogP contribution is 2.29. The number of allylic oxidation sites excluding steroid dienone is 2. The van der Waals surface area contributed by atoms with Crippen LogP contribution in [0.25, 0.3) is 11.1 Å². The number of hydrogen-bond acceptors (Lipinski definition) is 3. The number of rotatable bonds is 6. The van der Waals surface area contributed by atoms with Gasteiger partial charge in [0.1, 0.15) is 5.75 Å². The van der Waals surface area contributed by atoms with Crippen LogP contribution in [0, 0.1) is 5.92 Å². The Morgan fingerprint density at radius 1 is 1.12 bits per heavy atom. The molecule has 2 aromatic rings. The summed E-state index contributed by atoms with van der Waals surface area (Å²) in [7, 11) is 0. The standard InChI is InChI=1S/C21H24N2O2/c1-16-8-7-11-18(14-16)22-23-21(24)15-25-20-13-6-5-12-19(20)17-9-3-2-4-10-17/h2-6,9-10,12-14,16,22H,7-8,11,15H2,1H3,(H,23,24)/t16-/m0/s1. The molecule has 25 heavy (non-hydrogen) atoms. The van der Waals surface area contributed by atoms with Crippen LogP contribution in [0.3, 0.4) is 0 Å². The molecule has 0 bridgehead atoms. The van der Waals surface area contributed by atoms with E-state index in [2.05, 4.69) is 23.9 Å². The normalized spacial score (nSPS) is 16.7. The molecule has 3 rings (SSSR count). The summed E-state index contributed by atoms with van der Waals surface area (Å²) in [5, 5.41) is 0. The predicted octanol–water partition coefficient (Wildman–Crippen LogP) is 4.06. The van der Waals surface area contributed by atoms with E-state index in [0.29, 0.717) is 11.7 Å². The minimum atomic E-state index is -0.193. The lowest BCUT2D eigenvalue weighted by atomic mass is 9.96. The van der Waals surface area contributed by atoms with Crippen molar-refractivity contribution in [3.63, 3.8) is 0 Å². The summed E-state index contributed by atoms with van der Waals surface area (Å²) < 4.78 is 5.74.